The molecule has 4 rings (SSSR count). The van der Waals surface area contributed by atoms with Crippen LogP contribution in [0.2, 0.25) is 0 Å². The van der Waals surface area contributed by atoms with E-state index in [4.69, 9.17) is 9.26 Å². The van der Waals surface area contributed by atoms with Gasteiger partial charge in [0.25, 0.3) is 5.89 Å². The number of morpholine rings is 1. The maximum atomic E-state index is 13.5. The van der Waals surface area contributed by atoms with Crippen molar-refractivity contribution in [1.29, 1.82) is 0 Å². The van der Waals surface area contributed by atoms with E-state index in [0.29, 0.717) is 18.3 Å². The molecule has 0 unspecified atom stereocenters. The summed E-state index contributed by atoms with van der Waals surface area (Å²) in [4.78, 5) is 5.04. The van der Waals surface area contributed by atoms with Crippen molar-refractivity contribution in [2.24, 2.45) is 0 Å². The van der Waals surface area contributed by atoms with Crippen LogP contribution in [0.3, 0.4) is 0 Å². The van der Waals surface area contributed by atoms with Crippen molar-refractivity contribution in [3.05, 3.63) is 63.9 Å². The summed E-state index contributed by atoms with van der Waals surface area (Å²) in [6.07, 6.45) is -0.233. The zero-order valence-electron chi connectivity index (χ0n) is 14.4. The first-order valence-corrected chi connectivity index (χ1v) is 10.7. The minimum Gasteiger partial charge on any atom is -0.366 e. The second-order valence-electron chi connectivity index (χ2n) is 6.10. The van der Waals surface area contributed by atoms with Gasteiger partial charge in [-0.25, -0.2) is 17.2 Å². The minimum absolute atomic E-state index is 0.0675. The molecule has 3 aromatic rings. The van der Waals surface area contributed by atoms with Crippen molar-refractivity contribution in [3.8, 4) is 0 Å². The molecule has 0 saturated carbocycles. The van der Waals surface area contributed by atoms with E-state index >= 15 is 0 Å². The van der Waals surface area contributed by atoms with Gasteiger partial charge in [0.1, 0.15) is 0 Å². The molecule has 0 bridgehead atoms. The van der Waals surface area contributed by atoms with E-state index in [1.165, 1.54) is 0 Å². The van der Waals surface area contributed by atoms with Gasteiger partial charge >= 0.3 is 0 Å². The van der Waals surface area contributed by atoms with Gasteiger partial charge in [0, 0.05) is 24.4 Å². The molecule has 11 heteroatoms. The Kier molecular flexibility index (Phi) is 5.23. The van der Waals surface area contributed by atoms with E-state index in [1.807, 2.05) is 17.5 Å². The van der Waals surface area contributed by atoms with Gasteiger partial charge in [-0.1, -0.05) is 11.2 Å². The standard InChI is InChI=1S/C17H15F2N3O4S2/c18-13-4-3-12(9-14(13)19)28(23,24)22-5-6-25-15(10-22)17-20-16(21-26-17)8-11-2-1-7-27-11/h1-4,7,9,15H,5-6,8,10H2/t15-/m0/s1. The lowest BCUT2D eigenvalue weighted by molar-refractivity contribution is -0.0199. The summed E-state index contributed by atoms with van der Waals surface area (Å²) in [6.45, 7) is 0.117. The highest BCUT2D eigenvalue weighted by Gasteiger charge is 2.34. The predicted molar refractivity (Wildman–Crippen MR) is 95.2 cm³/mol. The number of ether oxygens (including phenoxy) is 1. The smallest absolute Gasteiger partial charge is 0.257 e. The monoisotopic (exact) mass is 427 g/mol. The average molecular weight is 427 g/mol. The Hall–Kier alpha value is -2.21. The molecule has 28 heavy (non-hydrogen) atoms. The molecular weight excluding hydrogens is 412 g/mol. The first-order chi connectivity index (χ1) is 13.4. The highest BCUT2D eigenvalue weighted by molar-refractivity contribution is 7.89. The molecule has 0 aliphatic carbocycles. The van der Waals surface area contributed by atoms with Crippen LogP contribution in [0.5, 0.6) is 0 Å². The molecule has 1 fully saturated rings. The summed E-state index contributed by atoms with van der Waals surface area (Å²) < 4.78 is 64.1. The second kappa shape index (κ2) is 7.66. The Morgan fingerprint density at radius 1 is 1.25 bits per heavy atom. The molecule has 3 heterocycles. The number of hydrogen-bond donors (Lipinski definition) is 0. The number of halogens is 2. The third kappa shape index (κ3) is 3.83. The number of hydrogen-bond acceptors (Lipinski definition) is 7. The van der Waals surface area contributed by atoms with Crippen LogP contribution < -0.4 is 0 Å². The van der Waals surface area contributed by atoms with Crippen molar-refractivity contribution >= 4 is 21.4 Å². The number of aromatic nitrogens is 2. The molecular formula is C17H15F2N3O4S2. The fraction of sp³-hybridized carbons (Fsp3) is 0.294. The summed E-state index contributed by atoms with van der Waals surface area (Å²) in [7, 11) is -4.02. The molecule has 0 spiro atoms. The van der Waals surface area contributed by atoms with Crippen molar-refractivity contribution in [3.63, 3.8) is 0 Å². The Morgan fingerprint density at radius 3 is 2.86 bits per heavy atom. The number of sulfonamides is 1. The van der Waals surface area contributed by atoms with Crippen LogP contribution in [0.15, 0.2) is 45.1 Å². The van der Waals surface area contributed by atoms with E-state index in [0.717, 1.165) is 21.3 Å². The van der Waals surface area contributed by atoms with Crippen molar-refractivity contribution < 1.29 is 26.5 Å². The molecule has 148 valence electrons. The molecule has 1 saturated heterocycles. The normalized spacial score (nSPS) is 18.4. The first-order valence-electron chi connectivity index (χ1n) is 8.35. The van der Waals surface area contributed by atoms with E-state index in [-0.39, 0.29) is 30.5 Å². The van der Waals surface area contributed by atoms with Crippen LogP contribution in [0, 0.1) is 11.6 Å². The maximum Gasteiger partial charge on any atom is 0.257 e. The molecule has 1 atom stereocenters. The molecule has 1 aliphatic rings. The fourth-order valence-electron chi connectivity index (χ4n) is 2.82. The first kappa shape index (κ1) is 19.1. The van der Waals surface area contributed by atoms with Crippen LogP contribution in [-0.4, -0.2) is 42.6 Å². The Bertz CT molecular complexity index is 1070. The van der Waals surface area contributed by atoms with Crippen molar-refractivity contribution in [2.75, 3.05) is 19.7 Å². The van der Waals surface area contributed by atoms with E-state index in [2.05, 4.69) is 10.1 Å². The number of thiophene rings is 1. The zero-order valence-corrected chi connectivity index (χ0v) is 16.0. The van der Waals surface area contributed by atoms with Gasteiger partial charge in [0.2, 0.25) is 10.0 Å². The van der Waals surface area contributed by atoms with Gasteiger partial charge < -0.3 is 9.26 Å². The lowest BCUT2D eigenvalue weighted by Crippen LogP contribution is -2.42. The average Bonchev–Trinajstić information content (AvgIpc) is 3.36. The predicted octanol–water partition coefficient (Wildman–Crippen LogP) is 2.76. The summed E-state index contributed by atoms with van der Waals surface area (Å²) in [5.41, 5.74) is 0. The molecule has 0 amide bonds. The largest absolute Gasteiger partial charge is 0.366 e. The second-order valence-corrected chi connectivity index (χ2v) is 9.07. The van der Waals surface area contributed by atoms with Gasteiger partial charge in [-0.2, -0.15) is 9.29 Å². The lowest BCUT2D eigenvalue weighted by Gasteiger charge is -2.30. The highest BCUT2D eigenvalue weighted by Crippen LogP contribution is 2.26. The van der Waals surface area contributed by atoms with Gasteiger partial charge in [0.15, 0.2) is 23.6 Å². The van der Waals surface area contributed by atoms with Crippen LogP contribution in [0.25, 0.3) is 0 Å². The third-order valence-electron chi connectivity index (χ3n) is 4.23. The molecule has 7 nitrogen and oxygen atoms in total. The highest BCUT2D eigenvalue weighted by atomic mass is 32.2. The molecule has 2 aromatic heterocycles. The fourth-order valence-corrected chi connectivity index (χ4v) is 4.96. The molecule has 1 aromatic carbocycles. The quantitative estimate of drug-likeness (QED) is 0.623. The van der Waals surface area contributed by atoms with E-state index in [1.54, 1.807) is 11.3 Å². The van der Waals surface area contributed by atoms with E-state index < -0.39 is 27.8 Å². The Labute approximate surface area is 163 Å². The van der Waals surface area contributed by atoms with Crippen LogP contribution in [0.1, 0.15) is 22.7 Å². The topological polar surface area (TPSA) is 85.5 Å². The minimum atomic E-state index is -4.02. The van der Waals surface area contributed by atoms with Gasteiger partial charge in [-0.15, -0.1) is 11.3 Å². The zero-order chi connectivity index (χ0) is 19.7. The van der Waals surface area contributed by atoms with Gasteiger partial charge in [0.05, 0.1) is 11.5 Å². The molecule has 0 radical (unpaired) electrons. The van der Waals surface area contributed by atoms with Gasteiger partial charge in [-0.05, 0) is 29.6 Å². The third-order valence-corrected chi connectivity index (χ3v) is 6.97. The van der Waals surface area contributed by atoms with Crippen LogP contribution >= 0.6 is 11.3 Å². The van der Waals surface area contributed by atoms with Crippen molar-refractivity contribution in [1.82, 2.24) is 14.4 Å². The molecule has 1 aliphatic heterocycles. The summed E-state index contributed by atoms with van der Waals surface area (Å²) >= 11 is 1.57. The number of benzene rings is 1. The Balaban J connectivity index is 1.51. The lowest BCUT2D eigenvalue weighted by atomic mass is 10.3. The maximum absolute atomic E-state index is 13.5. The summed E-state index contributed by atoms with van der Waals surface area (Å²) in [6, 6.07) is 6.36. The van der Waals surface area contributed by atoms with Gasteiger partial charge in [-0.3, -0.25) is 0 Å². The number of nitrogens with zero attached hydrogens (tertiary/aromatic N) is 3. The summed E-state index contributed by atoms with van der Waals surface area (Å²) in [5, 5.41) is 5.86. The number of rotatable bonds is 5. The molecule has 0 N–H and O–H groups in total. The van der Waals surface area contributed by atoms with Crippen LogP contribution in [-0.2, 0) is 21.2 Å². The Morgan fingerprint density at radius 2 is 2.11 bits per heavy atom. The van der Waals surface area contributed by atoms with Crippen LogP contribution in [0.4, 0.5) is 8.78 Å². The van der Waals surface area contributed by atoms with E-state index in [9.17, 15) is 17.2 Å². The SMILES string of the molecule is O=S(=O)(c1ccc(F)c(F)c1)N1CCO[C@H](c2nc(Cc3cccs3)no2)C1. The summed E-state index contributed by atoms with van der Waals surface area (Å²) in [5.74, 6) is -1.68. The van der Waals surface area contributed by atoms with Crippen molar-refractivity contribution in [2.45, 2.75) is 17.4 Å².